The van der Waals surface area contributed by atoms with Crippen LogP contribution in [0.3, 0.4) is 0 Å². The van der Waals surface area contributed by atoms with E-state index in [-0.39, 0.29) is 6.04 Å². The van der Waals surface area contributed by atoms with Crippen LogP contribution in [-0.4, -0.2) is 4.98 Å². The van der Waals surface area contributed by atoms with Crippen molar-refractivity contribution in [3.8, 4) is 0 Å². The maximum Gasteiger partial charge on any atom is 0.208 e. The maximum atomic E-state index is 6.16. The Morgan fingerprint density at radius 1 is 1.32 bits per heavy atom. The number of nitrogens with zero attached hydrogens (tertiary/aromatic N) is 1. The Kier molecular flexibility index (Phi) is 4.50. The monoisotopic (exact) mass is 298 g/mol. The van der Waals surface area contributed by atoms with Gasteiger partial charge in [-0.05, 0) is 44.5 Å². The molecule has 0 radical (unpaired) electrons. The summed E-state index contributed by atoms with van der Waals surface area (Å²) in [5.74, 6) is 1.53. The van der Waals surface area contributed by atoms with E-state index in [1.807, 2.05) is 26.8 Å². The summed E-state index contributed by atoms with van der Waals surface area (Å²) < 4.78 is 5.52. The molecular weight excluding hydrogens is 283 g/mol. The van der Waals surface area contributed by atoms with Gasteiger partial charge in [0.2, 0.25) is 5.89 Å². The average molecular weight is 299 g/mol. The lowest BCUT2D eigenvalue weighted by molar-refractivity contribution is 0.432. The minimum absolute atomic E-state index is 0.0683. The second kappa shape index (κ2) is 5.95. The van der Waals surface area contributed by atoms with Crippen molar-refractivity contribution >= 4 is 23.2 Å². The van der Waals surface area contributed by atoms with Crippen molar-refractivity contribution in [3.63, 3.8) is 0 Å². The van der Waals surface area contributed by atoms with Crippen LogP contribution in [0.25, 0.3) is 0 Å². The SMILES string of the molecule is Cc1nc(CNC(C)c2cc(Cl)ccc2Cl)oc1C. The van der Waals surface area contributed by atoms with E-state index >= 15 is 0 Å². The van der Waals surface area contributed by atoms with Crippen LogP contribution in [0.2, 0.25) is 10.0 Å². The van der Waals surface area contributed by atoms with E-state index in [2.05, 4.69) is 10.3 Å². The quantitative estimate of drug-likeness (QED) is 0.906. The first-order chi connectivity index (χ1) is 8.97. The summed E-state index contributed by atoms with van der Waals surface area (Å²) in [6.45, 7) is 6.42. The fourth-order valence-electron chi connectivity index (χ4n) is 1.81. The van der Waals surface area contributed by atoms with Crippen molar-refractivity contribution in [2.75, 3.05) is 0 Å². The number of hydrogen-bond donors (Lipinski definition) is 1. The van der Waals surface area contributed by atoms with Gasteiger partial charge < -0.3 is 9.73 Å². The third-order valence-electron chi connectivity index (χ3n) is 3.06. The van der Waals surface area contributed by atoms with Gasteiger partial charge in [0.05, 0.1) is 12.2 Å². The molecule has 102 valence electrons. The normalized spacial score (nSPS) is 12.7. The summed E-state index contributed by atoms with van der Waals surface area (Å²) in [5, 5.41) is 4.70. The van der Waals surface area contributed by atoms with Gasteiger partial charge in [-0.1, -0.05) is 23.2 Å². The predicted molar refractivity (Wildman–Crippen MR) is 77.7 cm³/mol. The molecule has 0 bridgehead atoms. The molecule has 0 amide bonds. The summed E-state index contributed by atoms with van der Waals surface area (Å²) in [5.41, 5.74) is 1.89. The zero-order valence-electron chi connectivity index (χ0n) is 11.1. The Balaban J connectivity index is 2.04. The molecule has 0 saturated carbocycles. The highest BCUT2D eigenvalue weighted by Crippen LogP contribution is 2.26. The van der Waals surface area contributed by atoms with Crippen LogP contribution < -0.4 is 5.32 Å². The lowest BCUT2D eigenvalue weighted by Gasteiger charge is -2.14. The van der Waals surface area contributed by atoms with Gasteiger partial charge in [-0.3, -0.25) is 0 Å². The van der Waals surface area contributed by atoms with Crippen LogP contribution in [0.5, 0.6) is 0 Å². The minimum atomic E-state index is 0.0683. The summed E-state index contributed by atoms with van der Waals surface area (Å²) in [6, 6.07) is 5.52. The van der Waals surface area contributed by atoms with Gasteiger partial charge in [0.15, 0.2) is 0 Å². The highest BCUT2D eigenvalue weighted by molar-refractivity contribution is 6.33. The van der Waals surface area contributed by atoms with Gasteiger partial charge in [0, 0.05) is 16.1 Å². The molecule has 0 aliphatic heterocycles. The maximum absolute atomic E-state index is 6.16. The van der Waals surface area contributed by atoms with Gasteiger partial charge in [-0.15, -0.1) is 0 Å². The van der Waals surface area contributed by atoms with Crippen LogP contribution in [0, 0.1) is 13.8 Å². The molecular formula is C14H16Cl2N2O. The molecule has 1 unspecified atom stereocenters. The summed E-state index contributed by atoms with van der Waals surface area (Å²) >= 11 is 12.1. The van der Waals surface area contributed by atoms with Crippen molar-refractivity contribution in [1.82, 2.24) is 10.3 Å². The van der Waals surface area contributed by atoms with Crippen molar-refractivity contribution < 1.29 is 4.42 Å². The molecule has 1 aromatic carbocycles. The van der Waals surface area contributed by atoms with Crippen molar-refractivity contribution in [2.45, 2.75) is 33.4 Å². The van der Waals surface area contributed by atoms with Crippen LogP contribution in [0.15, 0.2) is 22.6 Å². The van der Waals surface area contributed by atoms with Crippen LogP contribution in [-0.2, 0) is 6.54 Å². The lowest BCUT2D eigenvalue weighted by Crippen LogP contribution is -2.18. The molecule has 3 nitrogen and oxygen atoms in total. The lowest BCUT2D eigenvalue weighted by atomic mass is 10.1. The number of aromatic nitrogens is 1. The van der Waals surface area contributed by atoms with Gasteiger partial charge >= 0.3 is 0 Å². The Morgan fingerprint density at radius 3 is 2.68 bits per heavy atom. The fraction of sp³-hybridized carbons (Fsp3) is 0.357. The van der Waals surface area contributed by atoms with E-state index in [4.69, 9.17) is 27.6 Å². The smallest absolute Gasteiger partial charge is 0.208 e. The van der Waals surface area contributed by atoms with E-state index in [0.29, 0.717) is 22.5 Å². The Bertz CT molecular complexity index is 561. The number of oxazole rings is 1. The third-order valence-corrected chi connectivity index (χ3v) is 3.64. The number of rotatable bonds is 4. The first-order valence-electron chi connectivity index (χ1n) is 6.08. The van der Waals surface area contributed by atoms with E-state index in [0.717, 1.165) is 17.0 Å². The zero-order chi connectivity index (χ0) is 14.0. The third kappa shape index (κ3) is 3.50. The van der Waals surface area contributed by atoms with Crippen LogP contribution in [0.4, 0.5) is 0 Å². The highest BCUT2D eigenvalue weighted by Gasteiger charge is 2.12. The second-order valence-electron chi connectivity index (χ2n) is 4.52. The molecule has 19 heavy (non-hydrogen) atoms. The largest absolute Gasteiger partial charge is 0.444 e. The van der Waals surface area contributed by atoms with Gasteiger partial charge in [-0.25, -0.2) is 4.98 Å². The van der Waals surface area contributed by atoms with E-state index in [1.54, 1.807) is 12.1 Å². The molecule has 2 rings (SSSR count). The number of aryl methyl sites for hydroxylation is 2. The predicted octanol–water partition coefficient (Wildman–Crippen LogP) is 4.45. The first kappa shape index (κ1) is 14.4. The van der Waals surface area contributed by atoms with Crippen LogP contribution in [0.1, 0.15) is 35.9 Å². The zero-order valence-corrected chi connectivity index (χ0v) is 12.6. The summed E-state index contributed by atoms with van der Waals surface area (Å²) in [4.78, 5) is 4.33. The standard InChI is InChI=1S/C14H16Cl2N2O/c1-8-10(3)19-14(18-8)7-17-9(2)12-6-11(15)4-5-13(12)16/h4-6,9,17H,7H2,1-3H3. The number of nitrogens with one attached hydrogen (secondary N) is 1. The molecule has 1 atom stereocenters. The van der Waals surface area contributed by atoms with E-state index in [9.17, 15) is 0 Å². The van der Waals surface area contributed by atoms with Gasteiger partial charge in [0.25, 0.3) is 0 Å². The Labute approximate surface area is 122 Å². The van der Waals surface area contributed by atoms with Crippen molar-refractivity contribution in [2.24, 2.45) is 0 Å². The van der Waals surface area contributed by atoms with Gasteiger partial charge in [0.1, 0.15) is 5.76 Å². The summed E-state index contributed by atoms with van der Waals surface area (Å²) in [6.07, 6.45) is 0. The first-order valence-corrected chi connectivity index (χ1v) is 6.84. The van der Waals surface area contributed by atoms with Crippen molar-refractivity contribution in [3.05, 3.63) is 51.2 Å². The molecule has 1 aromatic heterocycles. The summed E-state index contributed by atoms with van der Waals surface area (Å²) in [7, 11) is 0. The average Bonchev–Trinajstić information content (AvgIpc) is 2.69. The molecule has 2 aromatic rings. The molecule has 0 aliphatic rings. The van der Waals surface area contributed by atoms with E-state index < -0.39 is 0 Å². The molecule has 0 spiro atoms. The fourth-order valence-corrected chi connectivity index (χ4v) is 2.27. The minimum Gasteiger partial charge on any atom is -0.444 e. The second-order valence-corrected chi connectivity index (χ2v) is 5.36. The highest BCUT2D eigenvalue weighted by atomic mass is 35.5. The topological polar surface area (TPSA) is 38.1 Å². The molecule has 0 aliphatic carbocycles. The van der Waals surface area contributed by atoms with Crippen LogP contribution >= 0.6 is 23.2 Å². The molecule has 1 N–H and O–H groups in total. The number of hydrogen-bond acceptors (Lipinski definition) is 3. The molecule has 0 fully saturated rings. The Hall–Kier alpha value is -1.03. The number of benzene rings is 1. The van der Waals surface area contributed by atoms with Gasteiger partial charge in [-0.2, -0.15) is 0 Å². The van der Waals surface area contributed by atoms with E-state index in [1.165, 1.54) is 0 Å². The molecule has 5 heteroatoms. The molecule has 0 saturated heterocycles. The number of halogens is 2. The Morgan fingerprint density at radius 2 is 2.05 bits per heavy atom. The molecule has 1 heterocycles. The van der Waals surface area contributed by atoms with Crippen molar-refractivity contribution in [1.29, 1.82) is 0 Å².